The second-order valence-corrected chi connectivity index (χ2v) is 4.89. The molecule has 0 unspecified atom stereocenters. The summed E-state index contributed by atoms with van der Waals surface area (Å²) in [5.74, 6) is -0.237. The predicted octanol–water partition coefficient (Wildman–Crippen LogP) is 2.67. The molecule has 3 nitrogen and oxygen atoms in total. The van der Waals surface area contributed by atoms with Crippen molar-refractivity contribution in [3.63, 3.8) is 0 Å². The number of methoxy groups -OCH3 is 1. The van der Waals surface area contributed by atoms with Crippen molar-refractivity contribution in [1.29, 1.82) is 0 Å². The number of hydrogen-bond acceptors (Lipinski definition) is 3. The van der Waals surface area contributed by atoms with Crippen LogP contribution in [-0.2, 0) is 27.2 Å². The summed E-state index contributed by atoms with van der Waals surface area (Å²) in [6, 6.07) is 5.53. The second kappa shape index (κ2) is 6.91. The average Bonchev–Trinajstić information content (AvgIpc) is 2.33. The third kappa shape index (κ3) is 4.24. The van der Waals surface area contributed by atoms with Gasteiger partial charge in [0.2, 0.25) is 0 Å². The molecule has 17 heavy (non-hydrogen) atoms. The van der Waals surface area contributed by atoms with E-state index in [0.717, 1.165) is 15.6 Å². The lowest BCUT2D eigenvalue weighted by molar-refractivity contribution is -0.139. The zero-order valence-corrected chi connectivity index (χ0v) is 12.5. The Morgan fingerprint density at radius 2 is 2.00 bits per heavy atom. The van der Waals surface area contributed by atoms with E-state index < -0.39 is 0 Å². The number of halogens is 2. The standard InChI is InChI=1S/C12H12Br2O3/c1-17-12(16)5-8-3-2-4-11(14)10(8)6-9(15)7-13/h2-4H,5-7H2,1H3. The first kappa shape index (κ1) is 14.4. The zero-order valence-electron chi connectivity index (χ0n) is 9.33. The van der Waals surface area contributed by atoms with Crippen molar-refractivity contribution in [3.05, 3.63) is 33.8 Å². The Labute approximate surface area is 117 Å². The molecule has 92 valence electrons. The van der Waals surface area contributed by atoms with Gasteiger partial charge in [-0.2, -0.15) is 0 Å². The van der Waals surface area contributed by atoms with Crippen LogP contribution in [0, 0.1) is 0 Å². The maximum Gasteiger partial charge on any atom is 0.309 e. The average molecular weight is 364 g/mol. The van der Waals surface area contributed by atoms with Gasteiger partial charge in [0.05, 0.1) is 18.9 Å². The van der Waals surface area contributed by atoms with Gasteiger partial charge in [-0.1, -0.05) is 44.0 Å². The smallest absolute Gasteiger partial charge is 0.309 e. The first-order valence-corrected chi connectivity index (χ1v) is 6.90. The third-order valence-electron chi connectivity index (χ3n) is 2.30. The second-order valence-electron chi connectivity index (χ2n) is 3.48. The van der Waals surface area contributed by atoms with E-state index in [1.165, 1.54) is 7.11 Å². The van der Waals surface area contributed by atoms with Crippen LogP contribution in [-0.4, -0.2) is 24.2 Å². The molecule has 5 heteroatoms. The van der Waals surface area contributed by atoms with Gasteiger partial charge in [-0.15, -0.1) is 0 Å². The van der Waals surface area contributed by atoms with Crippen molar-refractivity contribution in [2.45, 2.75) is 12.8 Å². The monoisotopic (exact) mass is 362 g/mol. The summed E-state index contributed by atoms with van der Waals surface area (Å²) in [5, 5.41) is 0.312. The van der Waals surface area contributed by atoms with E-state index in [-0.39, 0.29) is 18.2 Å². The highest BCUT2D eigenvalue weighted by Crippen LogP contribution is 2.22. The van der Waals surface area contributed by atoms with E-state index in [2.05, 4.69) is 36.6 Å². The number of ketones is 1. The molecule has 0 saturated heterocycles. The highest BCUT2D eigenvalue weighted by molar-refractivity contribution is 9.10. The fourth-order valence-electron chi connectivity index (χ4n) is 1.44. The van der Waals surface area contributed by atoms with Crippen molar-refractivity contribution < 1.29 is 14.3 Å². The van der Waals surface area contributed by atoms with Crippen molar-refractivity contribution >= 4 is 43.6 Å². The summed E-state index contributed by atoms with van der Waals surface area (Å²) in [5.41, 5.74) is 1.67. The number of alkyl halides is 1. The van der Waals surface area contributed by atoms with Crippen LogP contribution < -0.4 is 0 Å². The van der Waals surface area contributed by atoms with Gasteiger partial charge in [0.25, 0.3) is 0 Å². The lowest BCUT2D eigenvalue weighted by Crippen LogP contribution is -2.11. The Morgan fingerprint density at radius 3 is 2.59 bits per heavy atom. The third-order valence-corrected chi connectivity index (χ3v) is 3.67. The summed E-state index contributed by atoms with van der Waals surface area (Å²) in [4.78, 5) is 22.7. The lowest BCUT2D eigenvalue weighted by Gasteiger charge is -2.09. The SMILES string of the molecule is COC(=O)Cc1cccc(Br)c1CC(=O)CBr. The summed E-state index contributed by atoms with van der Waals surface area (Å²) in [7, 11) is 1.35. The van der Waals surface area contributed by atoms with E-state index in [0.29, 0.717) is 11.8 Å². The number of rotatable bonds is 5. The minimum Gasteiger partial charge on any atom is -0.469 e. The van der Waals surface area contributed by atoms with E-state index in [9.17, 15) is 9.59 Å². The van der Waals surface area contributed by atoms with Crippen LogP contribution in [0.1, 0.15) is 11.1 Å². The highest BCUT2D eigenvalue weighted by Gasteiger charge is 2.13. The van der Waals surface area contributed by atoms with Gasteiger partial charge >= 0.3 is 5.97 Å². The van der Waals surface area contributed by atoms with Gasteiger partial charge in [0.15, 0.2) is 0 Å². The van der Waals surface area contributed by atoms with Crippen LogP contribution in [0.5, 0.6) is 0 Å². The molecular weight excluding hydrogens is 352 g/mol. The van der Waals surface area contributed by atoms with Crippen LogP contribution >= 0.6 is 31.9 Å². The van der Waals surface area contributed by atoms with Crippen LogP contribution in [0.2, 0.25) is 0 Å². The molecule has 0 aliphatic rings. The topological polar surface area (TPSA) is 43.4 Å². The Bertz CT molecular complexity index is 430. The number of ether oxygens (including phenoxy) is 1. The van der Waals surface area contributed by atoms with Crippen molar-refractivity contribution in [3.8, 4) is 0 Å². The first-order valence-electron chi connectivity index (χ1n) is 4.99. The minimum atomic E-state index is -0.310. The molecule has 0 heterocycles. The highest BCUT2D eigenvalue weighted by atomic mass is 79.9. The zero-order chi connectivity index (χ0) is 12.8. The number of benzene rings is 1. The van der Waals surface area contributed by atoms with Crippen LogP contribution in [0.15, 0.2) is 22.7 Å². The van der Waals surface area contributed by atoms with Crippen LogP contribution in [0.25, 0.3) is 0 Å². The molecule has 0 aromatic heterocycles. The number of carbonyl (C=O) groups excluding carboxylic acids is 2. The molecule has 0 aliphatic heterocycles. The quantitative estimate of drug-likeness (QED) is 0.596. The molecule has 0 spiro atoms. The van der Waals surface area contributed by atoms with Gasteiger partial charge in [-0.05, 0) is 17.2 Å². The molecular formula is C12H12Br2O3. The van der Waals surface area contributed by atoms with Crippen molar-refractivity contribution in [2.24, 2.45) is 0 Å². The van der Waals surface area contributed by atoms with Crippen molar-refractivity contribution in [2.75, 3.05) is 12.4 Å². The van der Waals surface area contributed by atoms with Gasteiger partial charge in [0, 0.05) is 10.9 Å². The number of hydrogen-bond donors (Lipinski definition) is 0. The summed E-state index contributed by atoms with van der Waals surface area (Å²) in [6.45, 7) is 0. The summed E-state index contributed by atoms with van der Waals surface area (Å²) >= 11 is 6.53. The normalized spacial score (nSPS) is 10.1. The van der Waals surface area contributed by atoms with E-state index in [1.807, 2.05) is 18.2 Å². The maximum absolute atomic E-state index is 11.5. The Kier molecular flexibility index (Phi) is 5.85. The van der Waals surface area contributed by atoms with E-state index in [4.69, 9.17) is 0 Å². The summed E-state index contributed by atoms with van der Waals surface area (Å²) in [6.07, 6.45) is 0.486. The van der Waals surface area contributed by atoms with Crippen molar-refractivity contribution in [1.82, 2.24) is 0 Å². The summed E-state index contributed by atoms with van der Waals surface area (Å²) < 4.78 is 5.47. The maximum atomic E-state index is 11.5. The molecule has 1 aromatic rings. The van der Waals surface area contributed by atoms with Crippen LogP contribution in [0.4, 0.5) is 0 Å². The molecule has 0 atom stereocenters. The molecule has 0 radical (unpaired) electrons. The molecule has 0 fully saturated rings. The number of esters is 1. The van der Waals surface area contributed by atoms with Gasteiger partial charge in [-0.3, -0.25) is 9.59 Å². The Hall–Kier alpha value is -0.680. The molecule has 1 rings (SSSR count). The molecule has 1 aromatic carbocycles. The molecule has 0 amide bonds. The fraction of sp³-hybridized carbons (Fsp3) is 0.333. The fourth-order valence-corrected chi connectivity index (χ4v) is 2.18. The van der Waals surface area contributed by atoms with E-state index in [1.54, 1.807) is 0 Å². The Balaban J connectivity index is 2.99. The van der Waals surface area contributed by atoms with Gasteiger partial charge in [0.1, 0.15) is 5.78 Å². The van der Waals surface area contributed by atoms with E-state index >= 15 is 0 Å². The number of Topliss-reactive ketones (excluding diaryl/α,β-unsaturated/α-hetero) is 1. The lowest BCUT2D eigenvalue weighted by atomic mass is 10.0. The van der Waals surface area contributed by atoms with Gasteiger partial charge in [-0.25, -0.2) is 0 Å². The first-order chi connectivity index (χ1) is 8.08. The molecule has 0 saturated carbocycles. The molecule has 0 aliphatic carbocycles. The number of carbonyl (C=O) groups is 2. The Morgan fingerprint density at radius 1 is 1.29 bits per heavy atom. The molecule has 0 bridgehead atoms. The molecule has 0 N–H and O–H groups in total. The minimum absolute atomic E-state index is 0.0722. The predicted molar refractivity (Wildman–Crippen MR) is 72.4 cm³/mol. The largest absolute Gasteiger partial charge is 0.469 e. The van der Waals surface area contributed by atoms with Gasteiger partial charge < -0.3 is 4.74 Å². The van der Waals surface area contributed by atoms with Crippen LogP contribution in [0.3, 0.4) is 0 Å².